The molecular weight excluding hydrogens is 330 g/mol. The van der Waals surface area contributed by atoms with Crippen molar-refractivity contribution in [2.24, 2.45) is 5.92 Å². The molecule has 0 saturated heterocycles. The average Bonchev–Trinajstić information content (AvgIpc) is 3.11. The molecule has 2 aromatic carbocycles. The van der Waals surface area contributed by atoms with Crippen LogP contribution < -0.4 is 10.1 Å². The SMILES string of the molecule is CCC(C)Oc1ccc2c(c1)C1C=CCC1C(c1c(C)cc(C)cc1C)N2. The first-order valence-corrected chi connectivity index (χ1v) is 10.3. The molecule has 4 atom stereocenters. The molecule has 27 heavy (non-hydrogen) atoms. The lowest BCUT2D eigenvalue weighted by Gasteiger charge is -2.39. The van der Waals surface area contributed by atoms with Crippen LogP contribution >= 0.6 is 0 Å². The Morgan fingerprint density at radius 3 is 2.56 bits per heavy atom. The highest BCUT2D eigenvalue weighted by atomic mass is 16.5. The van der Waals surface area contributed by atoms with Crippen LogP contribution in [-0.4, -0.2) is 6.10 Å². The number of nitrogens with one attached hydrogen (secondary N) is 1. The fourth-order valence-electron chi connectivity index (χ4n) is 4.93. The molecule has 0 bridgehead atoms. The van der Waals surface area contributed by atoms with Crippen molar-refractivity contribution in [2.45, 2.75) is 65.5 Å². The Kier molecular flexibility index (Phi) is 4.75. The molecule has 0 saturated carbocycles. The lowest BCUT2D eigenvalue weighted by Crippen LogP contribution is -2.30. The van der Waals surface area contributed by atoms with Gasteiger partial charge in [0.15, 0.2) is 0 Å². The molecule has 1 heterocycles. The van der Waals surface area contributed by atoms with Gasteiger partial charge in [-0.15, -0.1) is 0 Å². The summed E-state index contributed by atoms with van der Waals surface area (Å²) in [5.41, 5.74) is 8.26. The van der Waals surface area contributed by atoms with Crippen LogP contribution in [0.2, 0.25) is 0 Å². The van der Waals surface area contributed by atoms with Crippen molar-refractivity contribution in [2.75, 3.05) is 5.32 Å². The zero-order valence-electron chi connectivity index (χ0n) is 17.2. The van der Waals surface area contributed by atoms with E-state index >= 15 is 0 Å². The van der Waals surface area contributed by atoms with E-state index in [4.69, 9.17) is 4.74 Å². The predicted molar refractivity (Wildman–Crippen MR) is 114 cm³/mol. The van der Waals surface area contributed by atoms with Gasteiger partial charge < -0.3 is 10.1 Å². The van der Waals surface area contributed by atoms with Gasteiger partial charge in [-0.3, -0.25) is 0 Å². The summed E-state index contributed by atoms with van der Waals surface area (Å²) in [5.74, 6) is 2.02. The number of hydrogen-bond donors (Lipinski definition) is 1. The Morgan fingerprint density at radius 2 is 1.85 bits per heavy atom. The normalized spacial score (nSPS) is 24.1. The molecule has 1 N–H and O–H groups in total. The van der Waals surface area contributed by atoms with Crippen LogP contribution in [0.4, 0.5) is 5.69 Å². The van der Waals surface area contributed by atoms with Crippen molar-refractivity contribution < 1.29 is 4.74 Å². The summed E-state index contributed by atoms with van der Waals surface area (Å²) < 4.78 is 6.09. The zero-order valence-corrected chi connectivity index (χ0v) is 17.2. The first kappa shape index (κ1) is 18.2. The summed E-state index contributed by atoms with van der Waals surface area (Å²) in [4.78, 5) is 0. The lowest BCUT2D eigenvalue weighted by molar-refractivity contribution is 0.217. The van der Waals surface area contributed by atoms with E-state index in [0.717, 1.165) is 18.6 Å². The number of ether oxygens (including phenoxy) is 1. The van der Waals surface area contributed by atoms with E-state index in [9.17, 15) is 0 Å². The standard InChI is InChI=1S/C25H31NO/c1-6-18(5)27-19-10-11-23-22(14-19)20-8-7-9-21(20)25(26-23)24-16(3)12-15(2)13-17(24)4/h7-8,10-14,18,20-21,25-26H,6,9H2,1-5H3. The predicted octanol–water partition coefficient (Wildman–Crippen LogP) is 6.62. The van der Waals surface area contributed by atoms with Crippen LogP contribution in [0.25, 0.3) is 0 Å². The number of anilines is 1. The molecule has 4 unspecified atom stereocenters. The molecular formula is C25H31NO. The van der Waals surface area contributed by atoms with Gasteiger partial charge in [-0.2, -0.15) is 0 Å². The van der Waals surface area contributed by atoms with Crippen molar-refractivity contribution in [3.63, 3.8) is 0 Å². The van der Waals surface area contributed by atoms with Gasteiger partial charge >= 0.3 is 0 Å². The Bertz CT molecular complexity index is 859. The quantitative estimate of drug-likeness (QED) is 0.618. The van der Waals surface area contributed by atoms with E-state index in [1.807, 2.05) is 0 Å². The molecule has 2 aromatic rings. The van der Waals surface area contributed by atoms with Crippen LogP contribution in [0.15, 0.2) is 42.5 Å². The molecule has 0 aromatic heterocycles. The van der Waals surface area contributed by atoms with E-state index in [1.54, 1.807) is 0 Å². The molecule has 0 amide bonds. The highest BCUT2D eigenvalue weighted by molar-refractivity contribution is 5.62. The van der Waals surface area contributed by atoms with E-state index < -0.39 is 0 Å². The van der Waals surface area contributed by atoms with Crippen molar-refractivity contribution in [3.05, 3.63) is 70.3 Å². The number of allylic oxidation sites excluding steroid dienone is 2. The van der Waals surface area contributed by atoms with Gasteiger partial charge in [0.05, 0.1) is 12.1 Å². The maximum atomic E-state index is 6.09. The average molecular weight is 362 g/mol. The minimum absolute atomic E-state index is 0.250. The minimum atomic E-state index is 0.250. The van der Waals surface area contributed by atoms with E-state index in [-0.39, 0.29) is 6.10 Å². The van der Waals surface area contributed by atoms with E-state index in [0.29, 0.717) is 17.9 Å². The highest BCUT2D eigenvalue weighted by Crippen LogP contribution is 2.51. The largest absolute Gasteiger partial charge is 0.491 e. The fraction of sp³-hybridized carbons (Fsp3) is 0.440. The molecule has 2 nitrogen and oxygen atoms in total. The van der Waals surface area contributed by atoms with Crippen LogP contribution in [0.3, 0.4) is 0 Å². The molecule has 0 radical (unpaired) electrons. The van der Waals surface area contributed by atoms with Crippen molar-refractivity contribution in [1.29, 1.82) is 0 Å². The Morgan fingerprint density at radius 1 is 1.11 bits per heavy atom. The third kappa shape index (κ3) is 3.26. The van der Waals surface area contributed by atoms with Crippen LogP contribution in [-0.2, 0) is 0 Å². The van der Waals surface area contributed by atoms with Crippen molar-refractivity contribution >= 4 is 5.69 Å². The van der Waals surface area contributed by atoms with Gasteiger partial charge in [-0.05, 0) is 86.9 Å². The fourth-order valence-corrected chi connectivity index (χ4v) is 4.93. The van der Waals surface area contributed by atoms with E-state index in [2.05, 4.69) is 82.4 Å². The molecule has 142 valence electrons. The molecule has 0 spiro atoms. The Labute approximate surface area is 163 Å². The number of rotatable bonds is 4. The monoisotopic (exact) mass is 361 g/mol. The maximum absolute atomic E-state index is 6.09. The number of fused-ring (bicyclic) bond motifs is 3. The first-order valence-electron chi connectivity index (χ1n) is 10.3. The van der Waals surface area contributed by atoms with Crippen LogP contribution in [0, 0.1) is 26.7 Å². The second-order valence-electron chi connectivity index (χ2n) is 8.37. The topological polar surface area (TPSA) is 21.3 Å². The van der Waals surface area contributed by atoms with Gasteiger partial charge in [0.2, 0.25) is 0 Å². The number of hydrogen-bond acceptors (Lipinski definition) is 2. The third-order valence-corrected chi connectivity index (χ3v) is 6.30. The Balaban J connectivity index is 1.73. The summed E-state index contributed by atoms with van der Waals surface area (Å²) in [6, 6.07) is 11.6. The molecule has 0 fully saturated rings. The minimum Gasteiger partial charge on any atom is -0.491 e. The zero-order chi connectivity index (χ0) is 19.1. The summed E-state index contributed by atoms with van der Waals surface area (Å²) in [7, 11) is 0. The summed E-state index contributed by atoms with van der Waals surface area (Å²) in [6.45, 7) is 11.0. The number of benzene rings is 2. The second-order valence-corrected chi connectivity index (χ2v) is 8.37. The maximum Gasteiger partial charge on any atom is 0.120 e. The van der Waals surface area contributed by atoms with Crippen LogP contribution in [0.1, 0.15) is 66.5 Å². The lowest BCUT2D eigenvalue weighted by atomic mass is 9.75. The molecule has 1 aliphatic heterocycles. The van der Waals surface area contributed by atoms with Gasteiger partial charge in [0.25, 0.3) is 0 Å². The van der Waals surface area contributed by atoms with Gasteiger partial charge in [-0.25, -0.2) is 0 Å². The first-order chi connectivity index (χ1) is 13.0. The molecule has 1 aliphatic carbocycles. The summed E-state index contributed by atoms with van der Waals surface area (Å²) in [6.07, 6.45) is 7.17. The van der Waals surface area contributed by atoms with E-state index in [1.165, 1.54) is 33.5 Å². The van der Waals surface area contributed by atoms with Gasteiger partial charge in [0.1, 0.15) is 5.75 Å². The van der Waals surface area contributed by atoms with Crippen LogP contribution in [0.5, 0.6) is 5.75 Å². The second kappa shape index (κ2) is 7.07. The van der Waals surface area contributed by atoms with Crippen molar-refractivity contribution in [1.82, 2.24) is 0 Å². The summed E-state index contributed by atoms with van der Waals surface area (Å²) >= 11 is 0. The smallest absolute Gasteiger partial charge is 0.120 e. The highest BCUT2D eigenvalue weighted by Gasteiger charge is 2.39. The van der Waals surface area contributed by atoms with Crippen molar-refractivity contribution in [3.8, 4) is 5.75 Å². The third-order valence-electron chi connectivity index (χ3n) is 6.30. The van der Waals surface area contributed by atoms with Gasteiger partial charge in [0, 0.05) is 11.6 Å². The molecule has 2 heteroatoms. The Hall–Kier alpha value is -2.22. The summed E-state index contributed by atoms with van der Waals surface area (Å²) in [5, 5.41) is 3.88. The van der Waals surface area contributed by atoms with Gasteiger partial charge in [-0.1, -0.05) is 36.8 Å². The number of aryl methyl sites for hydroxylation is 3. The molecule has 4 rings (SSSR count). The molecule has 2 aliphatic rings.